The minimum absolute atomic E-state index is 0.775. The fraction of sp³-hybridized carbons (Fsp3) is 0.294. The van der Waals surface area contributed by atoms with Gasteiger partial charge in [0.2, 0.25) is 0 Å². The lowest BCUT2D eigenvalue weighted by Gasteiger charge is -2.18. The Balaban J connectivity index is 1.94. The second-order valence-electron chi connectivity index (χ2n) is 5.04. The van der Waals surface area contributed by atoms with E-state index in [0.717, 1.165) is 36.5 Å². The van der Waals surface area contributed by atoms with Gasteiger partial charge in [0, 0.05) is 24.3 Å². The van der Waals surface area contributed by atoms with E-state index in [-0.39, 0.29) is 0 Å². The van der Waals surface area contributed by atoms with Crippen molar-refractivity contribution in [3.63, 3.8) is 0 Å². The van der Waals surface area contributed by atoms with E-state index in [9.17, 15) is 0 Å². The number of nitrogen functional groups attached to an aromatic ring is 1. The lowest BCUT2D eigenvalue weighted by atomic mass is 10.1. The number of ether oxygens (including phenoxy) is 1. The number of hydrogen-bond acceptors (Lipinski definition) is 3. The zero-order valence-electron chi connectivity index (χ0n) is 12.2. The normalized spacial score (nSPS) is 10.8. The lowest BCUT2D eigenvalue weighted by Crippen LogP contribution is -2.21. The molecular weight excluding hydrogens is 248 g/mol. The quantitative estimate of drug-likeness (QED) is 0.820. The molecule has 106 valence electrons. The van der Waals surface area contributed by atoms with Gasteiger partial charge in [-0.15, -0.1) is 0 Å². The molecular formula is C17H22N2O. The SMILES string of the molecule is COc1ccc(N)cc1CN(C)CCc1ccccc1. The summed E-state index contributed by atoms with van der Waals surface area (Å²) in [5.41, 5.74) is 9.11. The van der Waals surface area contributed by atoms with Crippen LogP contribution in [-0.4, -0.2) is 25.6 Å². The molecule has 0 spiro atoms. The van der Waals surface area contributed by atoms with Crippen molar-refractivity contribution in [1.29, 1.82) is 0 Å². The average molecular weight is 270 g/mol. The molecule has 0 fully saturated rings. The second kappa shape index (κ2) is 6.96. The van der Waals surface area contributed by atoms with Gasteiger partial charge < -0.3 is 15.4 Å². The Hall–Kier alpha value is -2.00. The van der Waals surface area contributed by atoms with Gasteiger partial charge in [-0.2, -0.15) is 0 Å². The van der Waals surface area contributed by atoms with Crippen LogP contribution < -0.4 is 10.5 Å². The van der Waals surface area contributed by atoms with E-state index in [1.165, 1.54) is 5.56 Å². The predicted molar refractivity (Wildman–Crippen MR) is 83.9 cm³/mol. The van der Waals surface area contributed by atoms with Gasteiger partial charge in [-0.1, -0.05) is 30.3 Å². The van der Waals surface area contributed by atoms with E-state index < -0.39 is 0 Å². The van der Waals surface area contributed by atoms with Gasteiger partial charge in [-0.25, -0.2) is 0 Å². The third kappa shape index (κ3) is 4.00. The van der Waals surface area contributed by atoms with Crippen molar-refractivity contribution in [2.75, 3.05) is 26.4 Å². The first-order valence-corrected chi connectivity index (χ1v) is 6.84. The average Bonchev–Trinajstić information content (AvgIpc) is 2.46. The van der Waals surface area contributed by atoms with Crippen LogP contribution in [0.5, 0.6) is 5.75 Å². The molecule has 0 aromatic heterocycles. The van der Waals surface area contributed by atoms with Crippen molar-refractivity contribution in [3.8, 4) is 5.75 Å². The number of rotatable bonds is 6. The predicted octanol–water partition coefficient (Wildman–Crippen LogP) is 2.95. The van der Waals surface area contributed by atoms with Crippen LogP contribution in [-0.2, 0) is 13.0 Å². The number of methoxy groups -OCH3 is 1. The van der Waals surface area contributed by atoms with E-state index >= 15 is 0 Å². The first kappa shape index (κ1) is 14.4. The van der Waals surface area contributed by atoms with Gasteiger partial charge in [0.05, 0.1) is 7.11 Å². The number of nitrogens with zero attached hydrogens (tertiary/aromatic N) is 1. The molecule has 2 N–H and O–H groups in total. The summed E-state index contributed by atoms with van der Waals surface area (Å²) in [6, 6.07) is 16.3. The molecule has 0 unspecified atom stereocenters. The highest BCUT2D eigenvalue weighted by molar-refractivity contribution is 5.47. The van der Waals surface area contributed by atoms with Crippen LogP contribution in [0, 0.1) is 0 Å². The van der Waals surface area contributed by atoms with E-state index in [1.54, 1.807) is 7.11 Å². The number of nitrogens with two attached hydrogens (primary N) is 1. The molecule has 0 heterocycles. The van der Waals surface area contributed by atoms with Crippen molar-refractivity contribution >= 4 is 5.69 Å². The molecule has 2 rings (SSSR count). The summed E-state index contributed by atoms with van der Waals surface area (Å²) >= 11 is 0. The monoisotopic (exact) mass is 270 g/mol. The zero-order valence-corrected chi connectivity index (χ0v) is 12.2. The molecule has 20 heavy (non-hydrogen) atoms. The number of hydrogen-bond donors (Lipinski definition) is 1. The van der Waals surface area contributed by atoms with Crippen LogP contribution in [0.25, 0.3) is 0 Å². The highest BCUT2D eigenvalue weighted by atomic mass is 16.5. The molecule has 0 bridgehead atoms. The largest absolute Gasteiger partial charge is 0.496 e. The first-order valence-electron chi connectivity index (χ1n) is 6.84. The zero-order chi connectivity index (χ0) is 14.4. The molecule has 0 atom stereocenters. The molecule has 3 heteroatoms. The minimum Gasteiger partial charge on any atom is -0.496 e. The summed E-state index contributed by atoms with van der Waals surface area (Å²) in [7, 11) is 3.81. The highest BCUT2D eigenvalue weighted by Crippen LogP contribution is 2.22. The van der Waals surface area contributed by atoms with Crippen molar-refractivity contribution < 1.29 is 4.74 Å². The highest BCUT2D eigenvalue weighted by Gasteiger charge is 2.07. The Morgan fingerprint density at radius 3 is 2.55 bits per heavy atom. The van der Waals surface area contributed by atoms with Crippen molar-refractivity contribution in [2.24, 2.45) is 0 Å². The number of anilines is 1. The Bertz CT molecular complexity index is 540. The Kier molecular flexibility index (Phi) is 5.02. The topological polar surface area (TPSA) is 38.5 Å². The summed E-state index contributed by atoms with van der Waals surface area (Å²) in [5.74, 6) is 0.894. The van der Waals surface area contributed by atoms with E-state index in [0.29, 0.717) is 0 Å². The molecule has 3 nitrogen and oxygen atoms in total. The lowest BCUT2D eigenvalue weighted by molar-refractivity contribution is 0.321. The van der Waals surface area contributed by atoms with Crippen molar-refractivity contribution in [1.82, 2.24) is 4.90 Å². The molecule has 0 aliphatic heterocycles. The maximum Gasteiger partial charge on any atom is 0.123 e. The summed E-state index contributed by atoms with van der Waals surface area (Å²) < 4.78 is 5.38. The van der Waals surface area contributed by atoms with Gasteiger partial charge in [0.1, 0.15) is 5.75 Å². The van der Waals surface area contributed by atoms with Crippen LogP contribution in [0.2, 0.25) is 0 Å². The molecule has 2 aromatic rings. The van der Waals surface area contributed by atoms with E-state index in [4.69, 9.17) is 10.5 Å². The third-order valence-electron chi connectivity index (χ3n) is 3.37. The third-order valence-corrected chi connectivity index (χ3v) is 3.37. The molecule has 0 aliphatic carbocycles. The van der Waals surface area contributed by atoms with Gasteiger partial charge in [-0.05, 0) is 37.2 Å². The summed E-state index contributed by atoms with van der Waals surface area (Å²) in [6.07, 6.45) is 1.04. The van der Waals surface area contributed by atoms with Gasteiger partial charge in [0.15, 0.2) is 0 Å². The van der Waals surface area contributed by atoms with Crippen LogP contribution in [0.15, 0.2) is 48.5 Å². The van der Waals surface area contributed by atoms with Gasteiger partial charge in [0.25, 0.3) is 0 Å². The van der Waals surface area contributed by atoms with E-state index in [2.05, 4.69) is 36.2 Å². The molecule has 2 aromatic carbocycles. The summed E-state index contributed by atoms with van der Waals surface area (Å²) in [4.78, 5) is 2.28. The fourth-order valence-electron chi connectivity index (χ4n) is 2.26. The Morgan fingerprint density at radius 1 is 1.10 bits per heavy atom. The smallest absolute Gasteiger partial charge is 0.123 e. The fourth-order valence-corrected chi connectivity index (χ4v) is 2.26. The minimum atomic E-state index is 0.775. The molecule has 0 amide bonds. The molecule has 0 aliphatic rings. The maximum atomic E-state index is 5.85. The van der Waals surface area contributed by atoms with Gasteiger partial charge in [-0.3, -0.25) is 0 Å². The summed E-state index contributed by atoms with van der Waals surface area (Å²) in [6.45, 7) is 1.84. The van der Waals surface area contributed by atoms with Crippen LogP contribution in [0.1, 0.15) is 11.1 Å². The van der Waals surface area contributed by atoms with Crippen molar-refractivity contribution in [3.05, 3.63) is 59.7 Å². The van der Waals surface area contributed by atoms with Gasteiger partial charge >= 0.3 is 0 Å². The first-order chi connectivity index (χ1) is 9.69. The Labute approximate surface area is 121 Å². The Morgan fingerprint density at radius 2 is 1.85 bits per heavy atom. The van der Waals surface area contributed by atoms with Crippen LogP contribution in [0.3, 0.4) is 0 Å². The number of likely N-dealkylation sites (N-methyl/N-ethyl adjacent to an activating group) is 1. The van der Waals surface area contributed by atoms with Crippen LogP contribution in [0.4, 0.5) is 5.69 Å². The number of benzene rings is 2. The maximum absolute atomic E-state index is 5.85. The van der Waals surface area contributed by atoms with E-state index in [1.807, 2.05) is 24.3 Å². The molecule has 0 saturated carbocycles. The standard InChI is InChI=1S/C17H22N2O/c1-19(11-10-14-6-4-3-5-7-14)13-15-12-16(18)8-9-17(15)20-2/h3-9,12H,10-11,13,18H2,1-2H3. The molecule has 0 saturated heterocycles. The van der Waals surface area contributed by atoms with Crippen molar-refractivity contribution in [2.45, 2.75) is 13.0 Å². The second-order valence-corrected chi connectivity index (χ2v) is 5.04. The summed E-state index contributed by atoms with van der Waals surface area (Å²) in [5, 5.41) is 0. The van der Waals surface area contributed by atoms with Crippen LogP contribution >= 0.6 is 0 Å². The molecule has 0 radical (unpaired) electrons.